The first kappa shape index (κ1) is 26.1. The molecular formula is C27H35N5O3S. The van der Waals surface area contributed by atoms with E-state index in [-0.39, 0.29) is 22.4 Å². The Labute approximate surface area is 213 Å². The van der Waals surface area contributed by atoms with Gasteiger partial charge in [-0.3, -0.25) is 9.88 Å². The van der Waals surface area contributed by atoms with E-state index in [0.717, 1.165) is 40.8 Å². The van der Waals surface area contributed by atoms with E-state index in [1.165, 1.54) is 0 Å². The monoisotopic (exact) mass is 509 g/mol. The maximum absolute atomic E-state index is 12.9. The molecule has 1 aliphatic heterocycles. The zero-order chi connectivity index (χ0) is 25.9. The van der Waals surface area contributed by atoms with Crippen LogP contribution in [0.25, 0.3) is 10.9 Å². The topological polar surface area (TPSA) is 103 Å². The first-order valence-corrected chi connectivity index (χ1v) is 13.8. The molecule has 0 spiro atoms. The molecule has 0 saturated carbocycles. The highest BCUT2D eigenvalue weighted by Gasteiger charge is 2.27. The van der Waals surface area contributed by atoms with Crippen LogP contribution >= 0.6 is 0 Å². The van der Waals surface area contributed by atoms with Crippen LogP contribution in [0, 0.1) is 6.92 Å². The summed E-state index contributed by atoms with van der Waals surface area (Å²) in [4.78, 5) is 19.4. The zero-order valence-corrected chi connectivity index (χ0v) is 22.2. The molecule has 36 heavy (non-hydrogen) atoms. The lowest BCUT2D eigenvalue weighted by atomic mass is 9.87. The van der Waals surface area contributed by atoms with Gasteiger partial charge in [-0.1, -0.05) is 51.1 Å². The highest BCUT2D eigenvalue weighted by Crippen LogP contribution is 2.24. The number of urea groups is 1. The molecule has 9 heteroatoms. The van der Waals surface area contributed by atoms with Crippen LogP contribution in [0.15, 0.2) is 59.5 Å². The molecule has 4 rings (SSSR count). The minimum Gasteiger partial charge on any atom is -0.337 e. The number of benzene rings is 2. The third kappa shape index (κ3) is 6.40. The number of nitrogens with one attached hydrogen (secondary N) is 3. The number of hydrogen-bond acceptors (Lipinski definition) is 5. The number of nitrogens with zero attached hydrogens (tertiary/aromatic N) is 2. The van der Waals surface area contributed by atoms with Crippen molar-refractivity contribution in [1.29, 1.82) is 0 Å². The summed E-state index contributed by atoms with van der Waals surface area (Å²) in [6.07, 6.45) is 0.730. The van der Waals surface area contributed by atoms with Gasteiger partial charge in [0.15, 0.2) is 0 Å². The fraction of sp³-hybridized carbons (Fsp3) is 0.407. The number of amides is 2. The number of aromatic nitrogens is 1. The quantitative estimate of drug-likeness (QED) is 0.446. The Morgan fingerprint density at radius 1 is 1.11 bits per heavy atom. The number of likely N-dealkylation sites (tertiary alicyclic amines) is 1. The van der Waals surface area contributed by atoms with Crippen LogP contribution in [0.3, 0.4) is 0 Å². The third-order valence-electron chi connectivity index (χ3n) is 6.43. The number of pyridine rings is 1. The fourth-order valence-corrected chi connectivity index (χ4v) is 5.72. The van der Waals surface area contributed by atoms with Crippen LogP contribution < -0.4 is 15.4 Å². The van der Waals surface area contributed by atoms with Crippen molar-refractivity contribution in [3.8, 4) is 0 Å². The first-order chi connectivity index (χ1) is 17.0. The van der Waals surface area contributed by atoms with Gasteiger partial charge in [0.2, 0.25) is 10.0 Å². The van der Waals surface area contributed by atoms with Crippen LogP contribution in [0.1, 0.15) is 38.4 Å². The van der Waals surface area contributed by atoms with Gasteiger partial charge in [0, 0.05) is 36.8 Å². The lowest BCUT2D eigenvalue weighted by molar-refractivity contribution is 0.249. The van der Waals surface area contributed by atoms with Gasteiger partial charge < -0.3 is 10.6 Å². The Balaban J connectivity index is 1.25. The molecule has 192 valence electrons. The molecule has 1 aliphatic rings. The number of carbonyl (C=O) groups is 1. The number of rotatable bonds is 7. The molecule has 2 amide bonds. The summed E-state index contributed by atoms with van der Waals surface area (Å²) in [5, 5.41) is 6.71. The van der Waals surface area contributed by atoms with Gasteiger partial charge >= 0.3 is 6.03 Å². The van der Waals surface area contributed by atoms with Gasteiger partial charge in [0.1, 0.15) is 0 Å². The van der Waals surface area contributed by atoms with Gasteiger partial charge in [-0.05, 0) is 55.1 Å². The molecule has 1 atom stereocenters. The second-order valence-corrected chi connectivity index (χ2v) is 12.1. The molecule has 3 N–H and O–H groups in total. The van der Waals surface area contributed by atoms with E-state index < -0.39 is 10.0 Å². The average molecular weight is 510 g/mol. The van der Waals surface area contributed by atoms with Crippen molar-refractivity contribution in [2.45, 2.75) is 50.5 Å². The smallest absolute Gasteiger partial charge is 0.319 e. The second kappa shape index (κ2) is 10.5. The third-order valence-corrected chi connectivity index (χ3v) is 7.97. The normalized spacial score (nSPS) is 16.8. The van der Waals surface area contributed by atoms with Crippen molar-refractivity contribution >= 4 is 32.6 Å². The van der Waals surface area contributed by atoms with Gasteiger partial charge in [-0.15, -0.1) is 0 Å². The van der Waals surface area contributed by atoms with Crippen molar-refractivity contribution in [3.05, 3.63) is 65.9 Å². The number of para-hydroxylation sites is 1. The molecule has 3 aromatic rings. The van der Waals surface area contributed by atoms with E-state index in [2.05, 4.69) is 46.0 Å². The van der Waals surface area contributed by atoms with Crippen LogP contribution in [0.4, 0.5) is 10.5 Å². The maximum Gasteiger partial charge on any atom is 0.319 e. The molecule has 2 aromatic carbocycles. The SMILES string of the molecule is Cc1cc(NC(=O)NCCN2CCC(NS(=O)(=O)c3ccc(C(C)(C)C)cc3)C2)c2ccccc2n1. The summed E-state index contributed by atoms with van der Waals surface area (Å²) in [5.74, 6) is 0. The average Bonchev–Trinajstić information content (AvgIpc) is 3.25. The summed E-state index contributed by atoms with van der Waals surface area (Å²) < 4.78 is 28.5. The van der Waals surface area contributed by atoms with Gasteiger partial charge in [-0.25, -0.2) is 17.9 Å². The largest absolute Gasteiger partial charge is 0.337 e. The predicted molar refractivity (Wildman–Crippen MR) is 144 cm³/mol. The zero-order valence-electron chi connectivity index (χ0n) is 21.3. The maximum atomic E-state index is 12.9. The van der Waals surface area contributed by atoms with E-state index in [9.17, 15) is 13.2 Å². The molecular weight excluding hydrogens is 474 g/mol. The van der Waals surface area contributed by atoms with E-state index in [0.29, 0.717) is 19.6 Å². The molecule has 1 aromatic heterocycles. The van der Waals surface area contributed by atoms with E-state index in [1.807, 2.05) is 49.4 Å². The Bertz CT molecular complexity index is 1330. The van der Waals surface area contributed by atoms with Crippen molar-refractivity contribution in [2.75, 3.05) is 31.5 Å². The van der Waals surface area contributed by atoms with Crippen LogP contribution in [-0.4, -0.2) is 56.6 Å². The van der Waals surface area contributed by atoms with Gasteiger partial charge in [-0.2, -0.15) is 0 Å². The molecule has 1 unspecified atom stereocenters. The summed E-state index contributed by atoms with van der Waals surface area (Å²) in [7, 11) is -3.58. The Kier molecular flexibility index (Phi) is 7.63. The number of hydrogen-bond donors (Lipinski definition) is 3. The number of anilines is 1. The summed E-state index contributed by atoms with van der Waals surface area (Å²) in [6.45, 7) is 10.7. The lowest BCUT2D eigenvalue weighted by Crippen LogP contribution is -2.39. The molecule has 2 heterocycles. The standard InChI is InChI=1S/C27H35N5O3S/c1-19-17-25(23-7-5-6-8-24(23)29-19)30-26(33)28-14-16-32-15-13-21(18-32)31-36(34,35)22-11-9-20(10-12-22)27(2,3)4/h5-12,17,21,31H,13-16,18H2,1-4H3,(H2,28,29,30,33). The molecule has 0 aliphatic carbocycles. The molecule has 0 radical (unpaired) electrons. The minimum absolute atomic E-state index is 0.0301. The summed E-state index contributed by atoms with van der Waals surface area (Å²) in [6, 6.07) is 16.2. The van der Waals surface area contributed by atoms with E-state index in [4.69, 9.17) is 0 Å². The van der Waals surface area contributed by atoms with Crippen LogP contribution in [0.2, 0.25) is 0 Å². The Hall–Kier alpha value is -3.01. The molecule has 1 fully saturated rings. The van der Waals surface area contributed by atoms with Crippen LogP contribution in [0.5, 0.6) is 0 Å². The highest BCUT2D eigenvalue weighted by molar-refractivity contribution is 7.89. The van der Waals surface area contributed by atoms with Crippen molar-refractivity contribution in [3.63, 3.8) is 0 Å². The van der Waals surface area contributed by atoms with Crippen LogP contribution in [-0.2, 0) is 15.4 Å². The number of fused-ring (bicyclic) bond motifs is 1. The second-order valence-electron chi connectivity index (χ2n) is 10.4. The minimum atomic E-state index is -3.58. The van der Waals surface area contributed by atoms with E-state index in [1.54, 1.807) is 12.1 Å². The lowest BCUT2D eigenvalue weighted by Gasteiger charge is -2.20. The highest BCUT2D eigenvalue weighted by atomic mass is 32.2. The predicted octanol–water partition coefficient (Wildman–Crippen LogP) is 4.02. The molecule has 1 saturated heterocycles. The van der Waals surface area contributed by atoms with E-state index >= 15 is 0 Å². The Morgan fingerprint density at radius 2 is 1.83 bits per heavy atom. The fourth-order valence-electron chi connectivity index (χ4n) is 4.46. The first-order valence-electron chi connectivity index (χ1n) is 12.3. The number of carbonyl (C=O) groups excluding carboxylic acids is 1. The van der Waals surface area contributed by atoms with Gasteiger partial charge in [0.05, 0.1) is 16.1 Å². The van der Waals surface area contributed by atoms with Gasteiger partial charge in [0.25, 0.3) is 0 Å². The molecule has 0 bridgehead atoms. The van der Waals surface area contributed by atoms with Crippen molar-refractivity contribution in [1.82, 2.24) is 19.9 Å². The van der Waals surface area contributed by atoms with Crippen molar-refractivity contribution in [2.24, 2.45) is 0 Å². The molecule has 8 nitrogen and oxygen atoms in total. The summed E-state index contributed by atoms with van der Waals surface area (Å²) in [5.41, 5.74) is 3.46. The Morgan fingerprint density at radius 3 is 2.56 bits per heavy atom. The summed E-state index contributed by atoms with van der Waals surface area (Å²) >= 11 is 0. The number of aryl methyl sites for hydroxylation is 1. The van der Waals surface area contributed by atoms with Crippen molar-refractivity contribution < 1.29 is 13.2 Å². The number of sulfonamides is 1.